The zero-order valence-electron chi connectivity index (χ0n) is 12.5. The number of hydrogen-bond donors (Lipinski definition) is 3. The van der Waals surface area contributed by atoms with E-state index in [2.05, 4.69) is 0 Å². The van der Waals surface area contributed by atoms with Crippen LogP contribution in [0.5, 0.6) is 5.75 Å². The minimum atomic E-state index is -1.29. The first-order chi connectivity index (χ1) is 11.3. The Bertz CT molecular complexity index is 758. The van der Waals surface area contributed by atoms with Crippen LogP contribution in [0.15, 0.2) is 35.1 Å². The quantitative estimate of drug-likeness (QED) is 0.652. The van der Waals surface area contributed by atoms with Crippen LogP contribution in [0, 0.1) is 5.92 Å². The molecule has 9 heteroatoms. The summed E-state index contributed by atoms with van der Waals surface area (Å²) < 4.78 is 5.58. The molecule has 0 aromatic heterocycles. The van der Waals surface area contributed by atoms with E-state index in [0.717, 1.165) is 16.7 Å². The van der Waals surface area contributed by atoms with Crippen LogP contribution in [0.25, 0.3) is 0 Å². The molecule has 0 saturated carbocycles. The first kappa shape index (κ1) is 16.3. The summed E-state index contributed by atoms with van der Waals surface area (Å²) in [6, 6.07) is 5.88. The fourth-order valence-electron chi connectivity index (χ4n) is 2.62. The number of β-lactam (4-membered cyclic amide) rings is 1. The Balaban J connectivity index is 1.86. The van der Waals surface area contributed by atoms with Crippen LogP contribution in [0.2, 0.25) is 0 Å². The molecule has 4 N–H and O–H groups in total. The molecule has 0 aliphatic carbocycles. The molecular formula is C15H14N2O6S. The van der Waals surface area contributed by atoms with Gasteiger partial charge in [-0.15, -0.1) is 0 Å². The summed E-state index contributed by atoms with van der Waals surface area (Å²) in [5.74, 6) is -2.67. The smallest absolute Gasteiger partial charge is 0.357 e. The van der Waals surface area contributed by atoms with Crippen LogP contribution < -0.4 is 10.5 Å². The Morgan fingerprint density at radius 1 is 1.33 bits per heavy atom. The average molecular weight is 350 g/mol. The van der Waals surface area contributed by atoms with E-state index in [9.17, 15) is 24.6 Å². The summed E-state index contributed by atoms with van der Waals surface area (Å²) in [5, 5.41) is 18.6. The number of nitrogens with two attached hydrogens (primary N) is 1. The number of rotatable bonds is 5. The maximum atomic E-state index is 12.1. The van der Waals surface area contributed by atoms with Gasteiger partial charge in [0.25, 0.3) is 0 Å². The van der Waals surface area contributed by atoms with E-state index in [4.69, 9.17) is 10.5 Å². The number of carbonyl (C=O) groups excluding carboxylic acids is 2. The molecule has 1 aromatic carbocycles. The highest BCUT2D eigenvalue weighted by atomic mass is 32.2. The van der Waals surface area contributed by atoms with Crippen molar-refractivity contribution in [2.75, 3.05) is 0 Å². The molecule has 0 spiro atoms. The molecule has 3 atom stereocenters. The number of benzene rings is 1. The van der Waals surface area contributed by atoms with Crippen molar-refractivity contribution in [2.24, 2.45) is 11.7 Å². The van der Waals surface area contributed by atoms with E-state index in [0.29, 0.717) is 11.3 Å². The van der Waals surface area contributed by atoms with Gasteiger partial charge in [0.05, 0.1) is 12.0 Å². The average Bonchev–Trinajstić information content (AvgIpc) is 2.81. The zero-order valence-corrected chi connectivity index (χ0v) is 13.3. The second-order valence-electron chi connectivity index (χ2n) is 5.41. The Morgan fingerprint density at radius 3 is 2.46 bits per heavy atom. The Kier molecular flexibility index (Phi) is 3.98. The van der Waals surface area contributed by atoms with E-state index < -0.39 is 35.2 Å². The summed E-state index contributed by atoms with van der Waals surface area (Å²) in [5.41, 5.74) is 5.20. The Labute approximate surface area is 140 Å². The topological polar surface area (TPSA) is 130 Å². The second kappa shape index (κ2) is 5.84. The lowest BCUT2D eigenvalue weighted by atomic mass is 9.92. The number of amides is 2. The first-order valence-electron chi connectivity index (χ1n) is 7.04. The third kappa shape index (κ3) is 2.51. The number of carbonyl (C=O) groups is 3. The molecule has 3 rings (SSSR count). The maximum Gasteiger partial charge on any atom is 0.357 e. The lowest BCUT2D eigenvalue weighted by Gasteiger charge is -2.43. The van der Waals surface area contributed by atoms with Gasteiger partial charge in [0.2, 0.25) is 11.8 Å². The van der Waals surface area contributed by atoms with Crippen molar-refractivity contribution in [3.63, 3.8) is 0 Å². The lowest BCUT2D eigenvalue weighted by Crippen LogP contribution is -2.60. The summed E-state index contributed by atoms with van der Waals surface area (Å²) in [4.78, 5) is 35.7. The monoisotopic (exact) mass is 350 g/mol. The molecule has 2 unspecified atom stereocenters. The van der Waals surface area contributed by atoms with Crippen molar-refractivity contribution < 1.29 is 29.3 Å². The zero-order chi connectivity index (χ0) is 17.6. The molecule has 126 valence electrons. The van der Waals surface area contributed by atoms with E-state index in [1.54, 1.807) is 0 Å². The van der Waals surface area contributed by atoms with Crippen LogP contribution >= 0.6 is 11.8 Å². The largest absolute Gasteiger partial charge is 0.476 e. The molecule has 0 radical (unpaired) electrons. The van der Waals surface area contributed by atoms with Crippen molar-refractivity contribution in [3.8, 4) is 5.75 Å². The molecule has 2 aliphatic heterocycles. The van der Waals surface area contributed by atoms with Gasteiger partial charge in [-0.1, -0.05) is 11.8 Å². The molecule has 24 heavy (non-hydrogen) atoms. The molecule has 1 fully saturated rings. The van der Waals surface area contributed by atoms with E-state index in [1.807, 2.05) is 0 Å². The van der Waals surface area contributed by atoms with Crippen LogP contribution in [0.1, 0.15) is 17.3 Å². The standard InChI is InChI=1S/C15H14N2O6S/c1-6(18)9-12(20)17-10(14(21)22)15(24-13(9)17)23-8-4-2-7(3-5-8)11(16)19/h2-6,9,13,18H,1H3,(H2,16,19)(H,21,22)/t6-,9?,13?/m0/s1. The summed E-state index contributed by atoms with van der Waals surface area (Å²) in [6.07, 6.45) is -0.879. The number of carboxylic acid groups (broad SMARTS) is 1. The van der Waals surface area contributed by atoms with Gasteiger partial charge in [-0.3, -0.25) is 14.5 Å². The SMILES string of the molecule is C[C@H](O)C1C(=O)N2C(C(=O)O)=C(Oc3ccc(C(N)=O)cc3)SC12. The van der Waals surface area contributed by atoms with Gasteiger partial charge in [-0.2, -0.15) is 0 Å². The molecule has 0 bridgehead atoms. The summed E-state index contributed by atoms with van der Waals surface area (Å²) >= 11 is 1.07. The Hall–Kier alpha value is -2.52. The number of thioether (sulfide) groups is 1. The fourth-order valence-corrected chi connectivity index (χ4v) is 4.08. The van der Waals surface area contributed by atoms with Gasteiger partial charge in [0.15, 0.2) is 10.8 Å². The summed E-state index contributed by atoms with van der Waals surface area (Å²) in [6.45, 7) is 1.49. The van der Waals surface area contributed by atoms with Gasteiger partial charge in [0.1, 0.15) is 11.1 Å². The van der Waals surface area contributed by atoms with Crippen LogP contribution in [0.3, 0.4) is 0 Å². The van der Waals surface area contributed by atoms with Crippen LogP contribution in [-0.4, -0.2) is 44.4 Å². The van der Waals surface area contributed by atoms with Gasteiger partial charge in [-0.25, -0.2) is 4.79 Å². The van der Waals surface area contributed by atoms with Gasteiger partial charge < -0.3 is 20.7 Å². The van der Waals surface area contributed by atoms with Crippen molar-refractivity contribution in [1.29, 1.82) is 0 Å². The van der Waals surface area contributed by atoms with E-state index in [-0.39, 0.29) is 10.8 Å². The van der Waals surface area contributed by atoms with E-state index >= 15 is 0 Å². The molecular weight excluding hydrogens is 336 g/mol. The number of carboxylic acids is 1. The Morgan fingerprint density at radius 2 is 1.96 bits per heavy atom. The van der Waals surface area contributed by atoms with Gasteiger partial charge >= 0.3 is 5.97 Å². The lowest BCUT2D eigenvalue weighted by molar-refractivity contribution is -0.156. The second-order valence-corrected chi connectivity index (χ2v) is 6.50. The normalized spacial score (nSPS) is 23.6. The van der Waals surface area contributed by atoms with Crippen molar-refractivity contribution in [3.05, 3.63) is 40.6 Å². The van der Waals surface area contributed by atoms with E-state index in [1.165, 1.54) is 31.2 Å². The van der Waals surface area contributed by atoms with Gasteiger partial charge in [-0.05, 0) is 31.2 Å². The molecule has 2 aliphatic rings. The number of ether oxygens (including phenoxy) is 1. The molecule has 1 aromatic rings. The fraction of sp³-hybridized carbons (Fsp3) is 0.267. The number of aliphatic carboxylic acids is 1. The maximum absolute atomic E-state index is 12.1. The van der Waals surface area contributed by atoms with Crippen LogP contribution in [0.4, 0.5) is 0 Å². The van der Waals surface area contributed by atoms with Crippen molar-refractivity contribution >= 4 is 29.5 Å². The third-order valence-corrected chi connectivity index (χ3v) is 5.05. The number of fused-ring (bicyclic) bond motifs is 1. The number of aliphatic hydroxyl groups is 1. The molecule has 1 saturated heterocycles. The number of aliphatic hydroxyl groups excluding tert-OH is 1. The minimum Gasteiger partial charge on any atom is -0.476 e. The third-order valence-electron chi connectivity index (χ3n) is 3.82. The van der Waals surface area contributed by atoms with Crippen LogP contribution in [-0.2, 0) is 9.59 Å². The molecule has 2 heterocycles. The summed E-state index contributed by atoms with van der Waals surface area (Å²) in [7, 11) is 0. The predicted molar refractivity (Wildman–Crippen MR) is 83.6 cm³/mol. The number of primary amides is 1. The number of nitrogens with zero attached hydrogens (tertiary/aromatic N) is 1. The highest BCUT2D eigenvalue weighted by molar-refractivity contribution is 8.03. The minimum absolute atomic E-state index is 0.0656. The highest BCUT2D eigenvalue weighted by Gasteiger charge is 2.58. The van der Waals surface area contributed by atoms with Crippen molar-refractivity contribution in [2.45, 2.75) is 18.4 Å². The molecule has 2 amide bonds. The van der Waals surface area contributed by atoms with Crippen molar-refractivity contribution in [1.82, 2.24) is 4.90 Å². The number of hydrogen-bond acceptors (Lipinski definition) is 6. The predicted octanol–water partition coefficient (Wildman–Crippen LogP) is 0.330. The highest BCUT2D eigenvalue weighted by Crippen LogP contribution is 2.50. The first-order valence-corrected chi connectivity index (χ1v) is 7.92. The molecule has 8 nitrogen and oxygen atoms in total. The van der Waals surface area contributed by atoms with Gasteiger partial charge in [0, 0.05) is 5.56 Å².